The van der Waals surface area contributed by atoms with Crippen LogP contribution in [0.25, 0.3) is 21.4 Å². The van der Waals surface area contributed by atoms with Gasteiger partial charge in [-0.15, -0.1) is 0 Å². The molecule has 172 valence electrons. The van der Waals surface area contributed by atoms with Crippen LogP contribution in [0.3, 0.4) is 0 Å². The summed E-state index contributed by atoms with van der Waals surface area (Å²) in [7, 11) is 2.99. The fraction of sp³-hybridized carbons (Fsp3) is 0.409. The summed E-state index contributed by atoms with van der Waals surface area (Å²) in [5.74, 6) is -0.0828. The Balaban J connectivity index is 1.31. The number of rotatable bonds is 3. The highest BCUT2D eigenvalue weighted by molar-refractivity contribution is 7.22. The Labute approximate surface area is 193 Å². The van der Waals surface area contributed by atoms with Crippen LogP contribution in [0, 0.1) is 13.8 Å². The molecule has 1 saturated heterocycles. The number of aryl methyl sites for hydroxylation is 3. The van der Waals surface area contributed by atoms with E-state index in [1.807, 2.05) is 0 Å². The van der Waals surface area contributed by atoms with E-state index in [-0.39, 0.29) is 23.6 Å². The second kappa shape index (κ2) is 7.84. The van der Waals surface area contributed by atoms with Crippen LogP contribution >= 0.6 is 11.3 Å². The van der Waals surface area contributed by atoms with Gasteiger partial charge in [-0.1, -0.05) is 17.4 Å². The second-order valence-electron chi connectivity index (χ2n) is 8.54. The first-order valence-corrected chi connectivity index (χ1v) is 11.6. The molecule has 0 spiro atoms. The minimum absolute atomic E-state index is 0.00352. The summed E-state index contributed by atoms with van der Waals surface area (Å²) in [5.41, 5.74) is 3.10. The minimum atomic E-state index is -0.454. The first-order valence-electron chi connectivity index (χ1n) is 10.8. The number of benzene rings is 1. The van der Waals surface area contributed by atoms with Crippen molar-refractivity contribution >= 4 is 43.8 Å². The lowest BCUT2D eigenvalue weighted by Crippen LogP contribution is -2.49. The number of hydrogen-bond acceptors (Lipinski definition) is 7. The van der Waals surface area contributed by atoms with Crippen LogP contribution in [-0.2, 0) is 25.4 Å². The molecule has 1 fully saturated rings. The lowest BCUT2D eigenvalue weighted by molar-refractivity contribution is -0.132. The van der Waals surface area contributed by atoms with Crippen molar-refractivity contribution in [1.29, 1.82) is 0 Å². The summed E-state index contributed by atoms with van der Waals surface area (Å²) in [6.45, 7) is 6.75. The molecule has 11 heteroatoms. The van der Waals surface area contributed by atoms with Crippen molar-refractivity contribution in [2.75, 3.05) is 31.1 Å². The number of carbonyl (C=O) groups is 1. The molecule has 0 saturated carbocycles. The largest absolute Gasteiger partial charge is 0.345 e. The van der Waals surface area contributed by atoms with E-state index >= 15 is 0 Å². The van der Waals surface area contributed by atoms with Crippen LogP contribution in [0.2, 0.25) is 0 Å². The molecule has 1 aromatic carbocycles. The Morgan fingerprint density at radius 2 is 1.79 bits per heavy atom. The molecule has 0 bridgehead atoms. The molecular weight excluding hydrogens is 442 g/mol. The number of aromatic nitrogens is 5. The molecule has 0 atom stereocenters. The summed E-state index contributed by atoms with van der Waals surface area (Å²) < 4.78 is 5.09. The number of imidazole rings is 1. The summed E-state index contributed by atoms with van der Waals surface area (Å²) >= 11 is 1.69. The van der Waals surface area contributed by atoms with Gasteiger partial charge in [0.25, 0.3) is 5.56 Å². The second-order valence-corrected chi connectivity index (χ2v) is 9.52. The molecule has 0 radical (unpaired) electrons. The topological polar surface area (TPSA) is 98.3 Å². The van der Waals surface area contributed by atoms with Crippen molar-refractivity contribution in [3.63, 3.8) is 0 Å². The third kappa shape index (κ3) is 3.52. The normalized spacial score (nSPS) is 14.5. The van der Waals surface area contributed by atoms with Crippen molar-refractivity contribution in [3.8, 4) is 0 Å². The molecule has 1 aliphatic rings. The number of nitrogens with zero attached hydrogens (tertiary/aromatic N) is 7. The maximum absolute atomic E-state index is 13.0. The first-order chi connectivity index (χ1) is 15.7. The van der Waals surface area contributed by atoms with Crippen LogP contribution in [0.5, 0.6) is 0 Å². The van der Waals surface area contributed by atoms with Gasteiger partial charge >= 0.3 is 5.69 Å². The van der Waals surface area contributed by atoms with Crippen LogP contribution in [-0.4, -0.2) is 60.7 Å². The van der Waals surface area contributed by atoms with E-state index in [9.17, 15) is 14.4 Å². The number of hydrogen-bond donors (Lipinski definition) is 0. The van der Waals surface area contributed by atoms with Crippen LogP contribution in [0.4, 0.5) is 5.13 Å². The van der Waals surface area contributed by atoms with Gasteiger partial charge in [0, 0.05) is 40.3 Å². The van der Waals surface area contributed by atoms with Crippen LogP contribution in [0.15, 0.2) is 28.0 Å². The van der Waals surface area contributed by atoms with Gasteiger partial charge in [-0.25, -0.2) is 14.8 Å². The standard InChI is InChI=1S/C22H25N7O3S/c1-13-9-14(2)18-15(10-13)24-21(33-18)28-7-5-27(6-8-28)16(30)11-29-12-23-19-17(29)20(31)26(4)22(32)25(19)3/h9-10,12H,5-8,11H2,1-4H3. The number of thiazole rings is 1. The molecule has 5 rings (SSSR count). The lowest BCUT2D eigenvalue weighted by Gasteiger charge is -2.34. The van der Waals surface area contributed by atoms with Gasteiger partial charge in [-0.3, -0.25) is 18.7 Å². The zero-order valence-corrected chi connectivity index (χ0v) is 19.8. The van der Waals surface area contributed by atoms with E-state index in [2.05, 4.69) is 35.9 Å². The summed E-state index contributed by atoms with van der Waals surface area (Å²) in [4.78, 5) is 50.8. The fourth-order valence-electron chi connectivity index (χ4n) is 4.41. The van der Waals surface area contributed by atoms with Gasteiger partial charge in [-0.05, 0) is 31.0 Å². The van der Waals surface area contributed by atoms with Gasteiger partial charge in [0.1, 0.15) is 6.54 Å². The quantitative estimate of drug-likeness (QED) is 0.446. The average molecular weight is 468 g/mol. The van der Waals surface area contributed by atoms with E-state index in [4.69, 9.17) is 4.98 Å². The summed E-state index contributed by atoms with van der Waals surface area (Å²) in [6.07, 6.45) is 1.45. The maximum Gasteiger partial charge on any atom is 0.332 e. The molecule has 10 nitrogen and oxygen atoms in total. The highest BCUT2D eigenvalue weighted by Gasteiger charge is 2.25. The van der Waals surface area contributed by atoms with Crippen molar-refractivity contribution in [3.05, 3.63) is 50.4 Å². The summed E-state index contributed by atoms with van der Waals surface area (Å²) in [6, 6.07) is 4.28. The molecule has 0 unspecified atom stereocenters. The van der Waals surface area contributed by atoms with Crippen LogP contribution < -0.4 is 16.1 Å². The Kier molecular flexibility index (Phi) is 5.08. The smallest absolute Gasteiger partial charge is 0.332 e. The average Bonchev–Trinajstić information content (AvgIpc) is 3.41. The number of anilines is 1. The minimum Gasteiger partial charge on any atom is -0.345 e. The molecule has 0 aliphatic carbocycles. The number of fused-ring (bicyclic) bond motifs is 2. The monoisotopic (exact) mass is 467 g/mol. The SMILES string of the molecule is Cc1cc(C)c2sc(N3CCN(C(=O)Cn4cnc5c4c(=O)n(C)c(=O)n5C)CC3)nc2c1. The molecule has 1 aliphatic heterocycles. The Morgan fingerprint density at radius 3 is 2.52 bits per heavy atom. The van der Waals surface area contributed by atoms with Crippen molar-refractivity contribution in [2.45, 2.75) is 20.4 Å². The van der Waals surface area contributed by atoms with Gasteiger partial charge in [0.2, 0.25) is 5.91 Å². The van der Waals surface area contributed by atoms with Gasteiger partial charge in [0.15, 0.2) is 16.3 Å². The first kappa shape index (κ1) is 21.4. The summed E-state index contributed by atoms with van der Waals surface area (Å²) in [5, 5.41) is 0.982. The zero-order valence-electron chi connectivity index (χ0n) is 19.0. The molecule has 4 heterocycles. The highest BCUT2D eigenvalue weighted by atomic mass is 32.1. The van der Waals surface area contributed by atoms with E-state index < -0.39 is 11.2 Å². The highest BCUT2D eigenvalue weighted by Crippen LogP contribution is 2.32. The Morgan fingerprint density at radius 1 is 1.06 bits per heavy atom. The zero-order chi connectivity index (χ0) is 23.4. The van der Waals surface area contributed by atoms with E-state index in [1.54, 1.807) is 23.3 Å². The van der Waals surface area contributed by atoms with Crippen molar-refractivity contribution in [2.24, 2.45) is 14.1 Å². The third-order valence-electron chi connectivity index (χ3n) is 6.23. The maximum atomic E-state index is 13.0. The Bertz CT molecular complexity index is 1520. The van der Waals surface area contributed by atoms with Gasteiger partial charge < -0.3 is 14.4 Å². The Hall–Kier alpha value is -3.47. The molecule has 4 aromatic rings. The molecule has 33 heavy (non-hydrogen) atoms. The molecular formula is C22H25N7O3S. The van der Waals surface area contributed by atoms with Gasteiger partial charge in [-0.2, -0.15) is 0 Å². The molecule has 1 amide bonds. The van der Waals surface area contributed by atoms with E-state index in [0.717, 1.165) is 15.2 Å². The number of amides is 1. The van der Waals surface area contributed by atoms with Gasteiger partial charge in [0.05, 0.1) is 16.5 Å². The van der Waals surface area contributed by atoms with Crippen molar-refractivity contribution in [1.82, 2.24) is 28.6 Å². The van der Waals surface area contributed by atoms with Crippen molar-refractivity contribution < 1.29 is 4.79 Å². The molecule has 0 N–H and O–H groups in total. The fourth-order valence-corrected chi connectivity index (χ4v) is 5.48. The third-order valence-corrected chi connectivity index (χ3v) is 7.50. The number of piperazine rings is 1. The predicted octanol–water partition coefficient (Wildman–Crippen LogP) is 1.01. The van der Waals surface area contributed by atoms with E-state index in [0.29, 0.717) is 26.2 Å². The molecule has 3 aromatic heterocycles. The number of carbonyl (C=O) groups excluding carboxylic acids is 1. The van der Waals surface area contributed by atoms with Crippen LogP contribution in [0.1, 0.15) is 11.1 Å². The van der Waals surface area contributed by atoms with E-state index in [1.165, 1.54) is 38.3 Å². The predicted molar refractivity (Wildman–Crippen MR) is 128 cm³/mol. The lowest BCUT2D eigenvalue weighted by atomic mass is 10.1.